The van der Waals surface area contributed by atoms with Crippen molar-refractivity contribution in [3.05, 3.63) is 29.8 Å². The van der Waals surface area contributed by atoms with Crippen LogP contribution in [0.5, 0.6) is 5.75 Å². The van der Waals surface area contributed by atoms with E-state index >= 15 is 0 Å². The average Bonchev–Trinajstić information content (AvgIpc) is 3.35. The lowest BCUT2D eigenvalue weighted by molar-refractivity contribution is -0.215. The van der Waals surface area contributed by atoms with E-state index in [0.29, 0.717) is 17.7 Å². The van der Waals surface area contributed by atoms with E-state index in [-0.39, 0.29) is 18.9 Å². The highest BCUT2D eigenvalue weighted by molar-refractivity contribution is 5.98. The minimum atomic E-state index is -4.90. The normalized spacial score (nSPS) is 18.0. The van der Waals surface area contributed by atoms with Gasteiger partial charge in [-0.15, -0.1) is 0 Å². The lowest BCUT2D eigenvalue weighted by Crippen LogP contribution is -2.59. The number of halogens is 3. The van der Waals surface area contributed by atoms with Crippen molar-refractivity contribution in [1.29, 1.82) is 0 Å². The molecule has 4 atom stereocenters. The molecule has 0 saturated carbocycles. The van der Waals surface area contributed by atoms with Gasteiger partial charge in [0.15, 0.2) is 6.10 Å². The first kappa shape index (κ1) is 32.2. The summed E-state index contributed by atoms with van der Waals surface area (Å²) in [6.45, 7) is 10.6. The second-order valence-corrected chi connectivity index (χ2v) is 9.38. The molecule has 1 heterocycles. The fourth-order valence-electron chi connectivity index (χ4n) is 4.04. The Labute approximate surface area is 216 Å². The molecule has 8 nitrogen and oxygen atoms in total. The predicted molar refractivity (Wildman–Crippen MR) is 134 cm³/mol. The molecule has 1 aromatic rings. The Kier molecular flexibility index (Phi) is 12.4. The quantitative estimate of drug-likeness (QED) is 0.452. The Hall–Kier alpha value is -2.82. The van der Waals surface area contributed by atoms with Crippen LogP contribution in [-0.2, 0) is 9.59 Å². The van der Waals surface area contributed by atoms with Crippen molar-refractivity contribution in [2.45, 2.75) is 84.8 Å². The summed E-state index contributed by atoms with van der Waals surface area (Å²) < 4.78 is 44.3. The molecule has 0 aliphatic carbocycles. The van der Waals surface area contributed by atoms with Crippen LogP contribution in [-0.4, -0.2) is 71.8 Å². The van der Waals surface area contributed by atoms with Gasteiger partial charge in [-0.1, -0.05) is 41.5 Å². The van der Waals surface area contributed by atoms with Crippen molar-refractivity contribution in [2.24, 2.45) is 11.8 Å². The van der Waals surface area contributed by atoms with E-state index in [1.54, 1.807) is 38.1 Å². The Morgan fingerprint density at radius 3 is 2.05 bits per heavy atom. The number of hydrogen-bond donors (Lipinski definition) is 3. The fourth-order valence-corrected chi connectivity index (χ4v) is 4.04. The molecule has 1 aromatic carbocycles. The molecule has 2 rings (SSSR count). The molecule has 0 bridgehead atoms. The first-order valence-corrected chi connectivity index (χ1v) is 12.6. The Morgan fingerprint density at radius 2 is 1.59 bits per heavy atom. The third-order valence-electron chi connectivity index (χ3n) is 6.11. The number of carbonyl (C=O) groups excluding carboxylic acids is 3. The second kappa shape index (κ2) is 14.2. The number of aliphatic hydroxyl groups excluding tert-OH is 1. The van der Waals surface area contributed by atoms with E-state index in [1.807, 2.05) is 13.8 Å². The molecule has 0 aromatic heterocycles. The van der Waals surface area contributed by atoms with E-state index in [0.717, 1.165) is 0 Å². The lowest BCUT2D eigenvalue weighted by atomic mass is 9.97. The molecule has 1 aliphatic rings. The molecule has 1 fully saturated rings. The summed E-state index contributed by atoms with van der Waals surface area (Å²) in [7, 11) is 1.50. The van der Waals surface area contributed by atoms with Crippen molar-refractivity contribution in [1.82, 2.24) is 15.5 Å². The van der Waals surface area contributed by atoms with Crippen LogP contribution in [0.4, 0.5) is 13.2 Å². The van der Waals surface area contributed by atoms with Gasteiger partial charge < -0.3 is 25.4 Å². The van der Waals surface area contributed by atoms with Gasteiger partial charge in [-0.3, -0.25) is 14.4 Å². The maximum Gasteiger partial charge on any atom is 0.416 e. The summed E-state index contributed by atoms with van der Waals surface area (Å²) >= 11 is 0. The van der Waals surface area contributed by atoms with E-state index in [2.05, 4.69) is 10.6 Å². The zero-order chi connectivity index (χ0) is 28.5. The van der Waals surface area contributed by atoms with Crippen LogP contribution < -0.4 is 15.4 Å². The van der Waals surface area contributed by atoms with Gasteiger partial charge in [0.2, 0.25) is 11.8 Å². The molecule has 3 unspecified atom stereocenters. The highest BCUT2D eigenvalue weighted by Crippen LogP contribution is 2.27. The second-order valence-electron chi connectivity index (χ2n) is 9.38. The van der Waals surface area contributed by atoms with Crippen molar-refractivity contribution in [2.75, 3.05) is 13.7 Å². The van der Waals surface area contributed by atoms with Crippen LogP contribution in [0.3, 0.4) is 0 Å². The molecule has 1 aliphatic heterocycles. The van der Waals surface area contributed by atoms with Crippen LogP contribution in [0.1, 0.15) is 64.7 Å². The molecule has 0 radical (unpaired) electrons. The van der Waals surface area contributed by atoms with Crippen molar-refractivity contribution < 1.29 is 37.4 Å². The van der Waals surface area contributed by atoms with E-state index in [1.165, 1.54) is 25.9 Å². The van der Waals surface area contributed by atoms with Crippen LogP contribution in [0.2, 0.25) is 0 Å². The maximum absolute atomic E-state index is 13.4. The number of nitrogens with one attached hydrogen (secondary N) is 2. The minimum Gasteiger partial charge on any atom is -0.497 e. The smallest absolute Gasteiger partial charge is 0.416 e. The van der Waals surface area contributed by atoms with Crippen molar-refractivity contribution in [3.63, 3.8) is 0 Å². The van der Waals surface area contributed by atoms with Crippen LogP contribution in [0.25, 0.3) is 0 Å². The Balaban J connectivity index is 0.00000334. The summed E-state index contributed by atoms with van der Waals surface area (Å²) in [6, 6.07) is 2.84. The summed E-state index contributed by atoms with van der Waals surface area (Å²) in [5.41, 5.74) is 0.320. The van der Waals surface area contributed by atoms with E-state index < -0.39 is 54.0 Å². The number of aliphatic hydroxyl groups is 1. The standard InChI is InChI=1S/C24H34F3N3O5.C2H6/c1-13(2)18(20(31)24(25,26)27)28-22(33)17-7-6-12-30(17)23(34)19(14(3)4)29-21(32)15-8-10-16(35-5)11-9-15;1-2/h8-11,13-14,17-20,31H,6-7,12H2,1-5H3,(H,28,33)(H,29,32);1-2H3/t17-,18?,19?,20?;/m0./s1. The Morgan fingerprint density at radius 1 is 1.03 bits per heavy atom. The number of carbonyl (C=O) groups is 3. The van der Waals surface area contributed by atoms with Gasteiger partial charge in [0.25, 0.3) is 5.91 Å². The number of alkyl halides is 3. The molecule has 1 saturated heterocycles. The van der Waals surface area contributed by atoms with Crippen LogP contribution in [0.15, 0.2) is 24.3 Å². The number of likely N-dealkylation sites (tertiary alicyclic amines) is 1. The third kappa shape index (κ3) is 8.62. The fraction of sp³-hybridized carbons (Fsp3) is 0.654. The van der Waals surface area contributed by atoms with Gasteiger partial charge in [-0.25, -0.2) is 0 Å². The molecule has 210 valence electrons. The third-order valence-corrected chi connectivity index (χ3v) is 6.11. The number of nitrogens with zero attached hydrogens (tertiary/aromatic N) is 1. The SMILES string of the molecule is CC.COc1ccc(C(=O)NC(C(=O)N2CCC[C@H]2C(=O)NC(C(C)C)C(O)C(F)(F)F)C(C)C)cc1. The van der Waals surface area contributed by atoms with Gasteiger partial charge in [0.1, 0.15) is 17.8 Å². The maximum atomic E-state index is 13.4. The molecule has 37 heavy (non-hydrogen) atoms. The molecule has 11 heteroatoms. The van der Waals surface area contributed by atoms with Gasteiger partial charge >= 0.3 is 6.18 Å². The van der Waals surface area contributed by atoms with Gasteiger partial charge in [0.05, 0.1) is 13.2 Å². The van der Waals surface area contributed by atoms with Gasteiger partial charge in [-0.2, -0.15) is 13.2 Å². The highest BCUT2D eigenvalue weighted by atomic mass is 19.4. The van der Waals surface area contributed by atoms with Gasteiger partial charge in [0, 0.05) is 12.1 Å². The first-order chi connectivity index (χ1) is 17.3. The number of ether oxygens (including phenoxy) is 1. The minimum absolute atomic E-state index is 0.229. The number of methoxy groups -OCH3 is 1. The van der Waals surface area contributed by atoms with E-state index in [4.69, 9.17) is 4.74 Å². The van der Waals surface area contributed by atoms with Gasteiger partial charge in [-0.05, 0) is 48.9 Å². The summed E-state index contributed by atoms with van der Waals surface area (Å²) in [5.74, 6) is -2.18. The number of hydrogen-bond acceptors (Lipinski definition) is 5. The zero-order valence-electron chi connectivity index (χ0n) is 22.6. The predicted octanol–water partition coefficient (Wildman–Crippen LogP) is 3.53. The number of benzene rings is 1. The Bertz CT molecular complexity index is 890. The highest BCUT2D eigenvalue weighted by Gasteiger charge is 2.46. The molecule has 3 amide bonds. The topological polar surface area (TPSA) is 108 Å². The number of amides is 3. The lowest BCUT2D eigenvalue weighted by Gasteiger charge is -2.33. The molecule has 0 spiro atoms. The van der Waals surface area contributed by atoms with E-state index in [9.17, 15) is 32.7 Å². The summed E-state index contributed by atoms with van der Waals surface area (Å²) in [4.78, 5) is 40.3. The van der Waals surface area contributed by atoms with Crippen molar-refractivity contribution in [3.8, 4) is 5.75 Å². The van der Waals surface area contributed by atoms with Crippen LogP contribution >= 0.6 is 0 Å². The molecule has 3 N–H and O–H groups in total. The summed E-state index contributed by atoms with van der Waals surface area (Å²) in [5, 5.41) is 14.7. The largest absolute Gasteiger partial charge is 0.497 e. The zero-order valence-corrected chi connectivity index (χ0v) is 22.6. The average molecular weight is 532 g/mol. The monoisotopic (exact) mass is 531 g/mol. The van der Waals surface area contributed by atoms with Crippen molar-refractivity contribution >= 4 is 17.7 Å². The first-order valence-electron chi connectivity index (χ1n) is 12.6. The molecular weight excluding hydrogens is 491 g/mol. The van der Waals surface area contributed by atoms with Crippen LogP contribution in [0, 0.1) is 11.8 Å². The number of rotatable bonds is 9. The summed E-state index contributed by atoms with van der Waals surface area (Å²) in [6.07, 6.45) is -6.89. The molecular formula is C26H40F3N3O5.